The molecule has 7 atom stereocenters. The second-order valence-corrected chi connectivity index (χ2v) is 11.0. The van der Waals surface area contributed by atoms with Crippen molar-refractivity contribution >= 4 is 0 Å². The third-order valence-electron chi connectivity index (χ3n) is 8.53. The van der Waals surface area contributed by atoms with E-state index in [0.717, 1.165) is 30.6 Å². The van der Waals surface area contributed by atoms with Gasteiger partial charge < -0.3 is 9.84 Å². The van der Waals surface area contributed by atoms with Crippen LogP contribution in [0.3, 0.4) is 0 Å². The van der Waals surface area contributed by atoms with Crippen LogP contribution in [0.25, 0.3) is 0 Å². The summed E-state index contributed by atoms with van der Waals surface area (Å²) in [6.45, 7) is 11.5. The minimum Gasteiger partial charge on any atom is -0.393 e. The molecule has 0 aromatic rings. The molecule has 0 unspecified atom stereocenters. The Labute approximate surface area is 154 Å². The molecule has 2 nitrogen and oxygen atoms in total. The third kappa shape index (κ3) is 2.83. The van der Waals surface area contributed by atoms with Gasteiger partial charge >= 0.3 is 0 Å². The van der Waals surface area contributed by atoms with Gasteiger partial charge in [0.05, 0.1) is 17.8 Å². The summed E-state index contributed by atoms with van der Waals surface area (Å²) in [5.41, 5.74) is 2.23. The maximum absolute atomic E-state index is 10.6. The first-order valence-electron chi connectivity index (χ1n) is 10.7. The summed E-state index contributed by atoms with van der Waals surface area (Å²) in [5, 5.41) is 10.6. The topological polar surface area (TPSA) is 29.5 Å². The van der Waals surface area contributed by atoms with Crippen molar-refractivity contribution in [1.29, 1.82) is 0 Å². The van der Waals surface area contributed by atoms with Crippen LogP contribution >= 0.6 is 0 Å². The van der Waals surface area contributed by atoms with Crippen molar-refractivity contribution in [3.63, 3.8) is 0 Å². The summed E-state index contributed by atoms with van der Waals surface area (Å²) in [6, 6.07) is 0. The standard InChI is InChI=1S/C23H38O2/c1-21(2,3)25-16-10-12-22(4)15(14-16)6-7-17-18-8-9-20(24)23(18,5)13-11-19(17)22/h6,16-20,24H,7-14H2,1-5H3/t16-,17+,18+,19+,20+,22-,23-/m0/s1. The van der Waals surface area contributed by atoms with Gasteiger partial charge in [-0.25, -0.2) is 0 Å². The van der Waals surface area contributed by atoms with E-state index in [0.29, 0.717) is 11.5 Å². The number of hydrogen-bond donors (Lipinski definition) is 1. The molecule has 4 aliphatic rings. The van der Waals surface area contributed by atoms with Crippen molar-refractivity contribution < 1.29 is 9.84 Å². The first-order valence-corrected chi connectivity index (χ1v) is 10.7. The number of allylic oxidation sites excluding steroid dienone is 1. The number of fused-ring (bicyclic) bond motifs is 5. The first-order chi connectivity index (χ1) is 11.6. The van der Waals surface area contributed by atoms with Crippen LogP contribution in [0.1, 0.15) is 86.0 Å². The molecule has 0 spiro atoms. The quantitative estimate of drug-likeness (QED) is 0.636. The van der Waals surface area contributed by atoms with Gasteiger partial charge in [0.25, 0.3) is 0 Å². The van der Waals surface area contributed by atoms with E-state index in [9.17, 15) is 5.11 Å². The van der Waals surface area contributed by atoms with Gasteiger partial charge in [0, 0.05) is 0 Å². The molecule has 142 valence electrons. The number of rotatable bonds is 1. The zero-order valence-electron chi connectivity index (χ0n) is 17.0. The zero-order chi connectivity index (χ0) is 18.0. The summed E-state index contributed by atoms with van der Waals surface area (Å²) in [6.07, 6.45) is 12.6. The Morgan fingerprint density at radius 2 is 1.80 bits per heavy atom. The van der Waals surface area contributed by atoms with E-state index in [1.54, 1.807) is 5.57 Å². The van der Waals surface area contributed by atoms with Crippen molar-refractivity contribution in [3.8, 4) is 0 Å². The highest BCUT2D eigenvalue weighted by Gasteiger charge is 2.58. The molecule has 0 bridgehead atoms. The molecule has 0 radical (unpaired) electrons. The Balaban J connectivity index is 1.56. The summed E-state index contributed by atoms with van der Waals surface area (Å²) < 4.78 is 6.33. The molecule has 4 aliphatic carbocycles. The number of aliphatic hydroxyl groups is 1. The Morgan fingerprint density at radius 1 is 1.04 bits per heavy atom. The van der Waals surface area contributed by atoms with E-state index >= 15 is 0 Å². The molecule has 3 fully saturated rings. The highest BCUT2D eigenvalue weighted by molar-refractivity contribution is 5.25. The van der Waals surface area contributed by atoms with E-state index in [1.165, 1.54) is 38.5 Å². The summed E-state index contributed by atoms with van der Waals surface area (Å²) >= 11 is 0. The number of ether oxygens (including phenoxy) is 1. The summed E-state index contributed by atoms with van der Waals surface area (Å²) in [4.78, 5) is 0. The van der Waals surface area contributed by atoms with E-state index in [1.807, 2.05) is 0 Å². The molecular formula is C23H38O2. The molecule has 0 aromatic heterocycles. The predicted octanol–water partition coefficient (Wildman–Crippen LogP) is 5.49. The van der Waals surface area contributed by atoms with E-state index in [-0.39, 0.29) is 17.1 Å². The van der Waals surface area contributed by atoms with Crippen molar-refractivity contribution in [2.24, 2.45) is 28.6 Å². The van der Waals surface area contributed by atoms with Crippen LogP contribution < -0.4 is 0 Å². The Morgan fingerprint density at radius 3 is 2.52 bits per heavy atom. The highest BCUT2D eigenvalue weighted by Crippen LogP contribution is 2.64. The van der Waals surface area contributed by atoms with Gasteiger partial charge in [-0.1, -0.05) is 25.5 Å². The molecule has 25 heavy (non-hydrogen) atoms. The second kappa shape index (κ2) is 5.83. The van der Waals surface area contributed by atoms with E-state index in [4.69, 9.17) is 4.74 Å². The molecule has 0 heterocycles. The average Bonchev–Trinajstić information content (AvgIpc) is 2.82. The monoisotopic (exact) mass is 346 g/mol. The van der Waals surface area contributed by atoms with Gasteiger partial charge in [-0.3, -0.25) is 0 Å². The fourth-order valence-corrected chi connectivity index (χ4v) is 7.20. The largest absolute Gasteiger partial charge is 0.393 e. The van der Waals surface area contributed by atoms with Crippen LogP contribution in [-0.4, -0.2) is 22.9 Å². The van der Waals surface area contributed by atoms with Crippen LogP contribution in [0.5, 0.6) is 0 Å². The normalized spacial score (nSPS) is 49.8. The minimum absolute atomic E-state index is 0.0389. The molecule has 0 amide bonds. The van der Waals surface area contributed by atoms with Crippen LogP contribution in [0, 0.1) is 28.6 Å². The molecule has 4 rings (SSSR count). The number of aliphatic hydroxyl groups excluding tert-OH is 1. The van der Waals surface area contributed by atoms with Crippen LogP contribution in [0.4, 0.5) is 0 Å². The Bertz CT molecular complexity index is 559. The van der Waals surface area contributed by atoms with Gasteiger partial charge in [0.2, 0.25) is 0 Å². The smallest absolute Gasteiger partial charge is 0.0619 e. The van der Waals surface area contributed by atoms with Crippen molar-refractivity contribution in [3.05, 3.63) is 11.6 Å². The van der Waals surface area contributed by atoms with Gasteiger partial charge in [0.15, 0.2) is 0 Å². The highest BCUT2D eigenvalue weighted by atomic mass is 16.5. The van der Waals surface area contributed by atoms with Gasteiger partial charge in [-0.2, -0.15) is 0 Å². The Hall–Kier alpha value is -0.340. The van der Waals surface area contributed by atoms with Gasteiger partial charge in [0.1, 0.15) is 0 Å². The van der Waals surface area contributed by atoms with Crippen LogP contribution in [-0.2, 0) is 4.74 Å². The third-order valence-corrected chi connectivity index (χ3v) is 8.53. The maximum Gasteiger partial charge on any atom is 0.0619 e. The first kappa shape index (κ1) is 18.0. The maximum atomic E-state index is 10.6. The van der Waals surface area contributed by atoms with Gasteiger partial charge in [-0.15, -0.1) is 0 Å². The minimum atomic E-state index is -0.0624. The van der Waals surface area contributed by atoms with Crippen LogP contribution in [0.2, 0.25) is 0 Å². The fraction of sp³-hybridized carbons (Fsp3) is 0.913. The lowest BCUT2D eigenvalue weighted by molar-refractivity contribution is -0.0988. The second-order valence-electron chi connectivity index (χ2n) is 11.0. The lowest BCUT2D eigenvalue weighted by atomic mass is 9.48. The zero-order valence-corrected chi connectivity index (χ0v) is 17.0. The fourth-order valence-electron chi connectivity index (χ4n) is 7.20. The van der Waals surface area contributed by atoms with Crippen LogP contribution in [0.15, 0.2) is 11.6 Å². The molecule has 2 heteroatoms. The molecule has 0 saturated heterocycles. The summed E-state index contributed by atoms with van der Waals surface area (Å²) in [7, 11) is 0. The summed E-state index contributed by atoms with van der Waals surface area (Å²) in [5.74, 6) is 2.36. The molecular weight excluding hydrogens is 308 g/mol. The van der Waals surface area contributed by atoms with Crippen molar-refractivity contribution in [2.75, 3.05) is 0 Å². The molecule has 1 N–H and O–H groups in total. The lowest BCUT2D eigenvalue weighted by Crippen LogP contribution is -2.51. The SMILES string of the molecule is CC(C)(C)O[C@H]1CC[C@@]2(C)C(=CC[C@@H]3[C@H]4CC[C@@H](O)[C@@]4(C)CC[C@H]32)C1. The van der Waals surface area contributed by atoms with Crippen molar-refractivity contribution in [2.45, 2.75) is 104 Å². The van der Waals surface area contributed by atoms with Crippen molar-refractivity contribution in [1.82, 2.24) is 0 Å². The number of hydrogen-bond acceptors (Lipinski definition) is 2. The van der Waals surface area contributed by atoms with E-state index < -0.39 is 0 Å². The molecule has 0 aromatic carbocycles. The lowest BCUT2D eigenvalue weighted by Gasteiger charge is -2.58. The average molecular weight is 347 g/mol. The molecule has 0 aliphatic heterocycles. The predicted molar refractivity (Wildman–Crippen MR) is 102 cm³/mol. The van der Waals surface area contributed by atoms with E-state index in [2.05, 4.69) is 40.7 Å². The Kier molecular flexibility index (Phi) is 4.21. The molecule has 3 saturated carbocycles. The van der Waals surface area contributed by atoms with Gasteiger partial charge in [-0.05, 0) is 101 Å².